The summed E-state index contributed by atoms with van der Waals surface area (Å²) in [6.07, 6.45) is 3.39. The second-order valence-electron chi connectivity index (χ2n) is 6.71. The van der Waals surface area contributed by atoms with Gasteiger partial charge in [0, 0.05) is 19.1 Å². The molecule has 1 aliphatic heterocycles. The van der Waals surface area contributed by atoms with Crippen molar-refractivity contribution in [2.75, 3.05) is 13.1 Å². The van der Waals surface area contributed by atoms with Gasteiger partial charge in [0.15, 0.2) is 0 Å². The molecule has 0 saturated carbocycles. The highest BCUT2D eigenvalue weighted by Crippen LogP contribution is 2.34. The lowest BCUT2D eigenvalue weighted by Gasteiger charge is -2.40. The maximum atomic E-state index is 12.7. The lowest BCUT2D eigenvalue weighted by atomic mass is 9.78. The standard InChI is InChI=1S/C18H28N2O.ClH/c1-4-18(3)10-12-20(13-11-18)17(21)14(2)16(19)15-8-6-5-7-9-15;/h5-9,14,16H,4,10-13,19H2,1-3H3;1H. The molecule has 0 radical (unpaired) electrons. The highest BCUT2D eigenvalue weighted by atomic mass is 35.5. The predicted molar refractivity (Wildman–Crippen MR) is 94.0 cm³/mol. The van der Waals surface area contributed by atoms with Gasteiger partial charge in [-0.1, -0.05) is 57.5 Å². The summed E-state index contributed by atoms with van der Waals surface area (Å²) < 4.78 is 0. The first-order chi connectivity index (χ1) is 9.97. The smallest absolute Gasteiger partial charge is 0.227 e. The van der Waals surface area contributed by atoms with Crippen LogP contribution in [0.1, 0.15) is 51.6 Å². The molecule has 1 aromatic carbocycles. The second-order valence-corrected chi connectivity index (χ2v) is 6.71. The molecule has 3 nitrogen and oxygen atoms in total. The van der Waals surface area contributed by atoms with E-state index in [0.29, 0.717) is 5.41 Å². The number of carbonyl (C=O) groups is 1. The molecule has 2 N–H and O–H groups in total. The van der Waals surface area contributed by atoms with Crippen molar-refractivity contribution in [1.29, 1.82) is 0 Å². The molecule has 0 aromatic heterocycles. The van der Waals surface area contributed by atoms with Crippen LogP contribution in [-0.4, -0.2) is 23.9 Å². The Morgan fingerprint density at radius 2 is 1.82 bits per heavy atom. The van der Waals surface area contributed by atoms with Crippen molar-refractivity contribution in [1.82, 2.24) is 4.90 Å². The van der Waals surface area contributed by atoms with E-state index >= 15 is 0 Å². The number of nitrogens with two attached hydrogens (primary N) is 1. The van der Waals surface area contributed by atoms with Gasteiger partial charge in [0.05, 0.1) is 5.92 Å². The maximum Gasteiger partial charge on any atom is 0.227 e. The van der Waals surface area contributed by atoms with E-state index in [1.54, 1.807) is 0 Å². The van der Waals surface area contributed by atoms with Crippen LogP contribution in [0.2, 0.25) is 0 Å². The fourth-order valence-corrected chi connectivity index (χ4v) is 3.03. The molecule has 1 heterocycles. The monoisotopic (exact) mass is 324 g/mol. The van der Waals surface area contributed by atoms with E-state index in [1.165, 1.54) is 6.42 Å². The van der Waals surface area contributed by atoms with Crippen molar-refractivity contribution >= 4 is 18.3 Å². The first kappa shape index (κ1) is 19.0. The summed E-state index contributed by atoms with van der Waals surface area (Å²) in [5, 5.41) is 0. The van der Waals surface area contributed by atoms with Crippen LogP contribution in [0.4, 0.5) is 0 Å². The molecule has 1 fully saturated rings. The fourth-order valence-electron chi connectivity index (χ4n) is 3.03. The number of halogens is 1. The van der Waals surface area contributed by atoms with E-state index in [0.717, 1.165) is 31.5 Å². The van der Waals surface area contributed by atoms with Crippen molar-refractivity contribution in [3.8, 4) is 0 Å². The molecule has 0 spiro atoms. The number of carbonyl (C=O) groups excluding carboxylic acids is 1. The van der Waals surface area contributed by atoms with Gasteiger partial charge in [0.25, 0.3) is 0 Å². The molecule has 22 heavy (non-hydrogen) atoms. The average Bonchev–Trinajstić information content (AvgIpc) is 2.54. The summed E-state index contributed by atoms with van der Waals surface area (Å²) in [6, 6.07) is 9.69. The third-order valence-corrected chi connectivity index (χ3v) is 5.25. The van der Waals surface area contributed by atoms with Crippen LogP contribution in [0.15, 0.2) is 30.3 Å². The molecule has 2 atom stereocenters. The summed E-state index contributed by atoms with van der Waals surface area (Å²) in [7, 11) is 0. The summed E-state index contributed by atoms with van der Waals surface area (Å²) in [5.41, 5.74) is 7.72. The van der Waals surface area contributed by atoms with Crippen LogP contribution in [-0.2, 0) is 4.79 Å². The molecule has 4 heteroatoms. The lowest BCUT2D eigenvalue weighted by molar-refractivity contribution is -0.138. The summed E-state index contributed by atoms with van der Waals surface area (Å²) in [6.45, 7) is 8.26. The highest BCUT2D eigenvalue weighted by molar-refractivity contribution is 5.85. The van der Waals surface area contributed by atoms with Crippen molar-refractivity contribution < 1.29 is 4.79 Å². The van der Waals surface area contributed by atoms with E-state index in [-0.39, 0.29) is 30.3 Å². The van der Waals surface area contributed by atoms with Gasteiger partial charge in [-0.05, 0) is 23.8 Å². The summed E-state index contributed by atoms with van der Waals surface area (Å²) >= 11 is 0. The predicted octanol–water partition coefficient (Wildman–Crippen LogP) is 3.78. The Morgan fingerprint density at radius 1 is 1.27 bits per heavy atom. The van der Waals surface area contributed by atoms with Crippen LogP contribution in [0.5, 0.6) is 0 Å². The number of rotatable bonds is 4. The minimum absolute atomic E-state index is 0. The quantitative estimate of drug-likeness (QED) is 0.916. The molecule has 2 unspecified atom stereocenters. The van der Waals surface area contributed by atoms with Crippen molar-refractivity contribution in [3.63, 3.8) is 0 Å². The highest BCUT2D eigenvalue weighted by Gasteiger charge is 2.33. The Morgan fingerprint density at radius 3 is 2.32 bits per heavy atom. The molecule has 1 aliphatic rings. The SMILES string of the molecule is CCC1(C)CCN(C(=O)C(C)C(N)c2ccccc2)CC1.Cl. The molecule has 1 amide bonds. The summed E-state index contributed by atoms with van der Waals surface area (Å²) in [4.78, 5) is 14.7. The molecule has 1 saturated heterocycles. The number of hydrogen-bond donors (Lipinski definition) is 1. The van der Waals surface area contributed by atoms with Gasteiger partial charge in [-0.25, -0.2) is 0 Å². The minimum atomic E-state index is -0.224. The van der Waals surface area contributed by atoms with Crippen LogP contribution in [0, 0.1) is 11.3 Å². The number of hydrogen-bond acceptors (Lipinski definition) is 2. The Hall–Kier alpha value is -1.06. The Balaban J connectivity index is 0.00000242. The first-order valence-corrected chi connectivity index (χ1v) is 8.06. The van der Waals surface area contributed by atoms with Gasteiger partial charge in [-0.15, -0.1) is 12.4 Å². The zero-order valence-electron chi connectivity index (χ0n) is 13.9. The van der Waals surface area contributed by atoms with E-state index in [4.69, 9.17) is 5.73 Å². The number of likely N-dealkylation sites (tertiary alicyclic amines) is 1. The molecule has 1 aromatic rings. The average molecular weight is 325 g/mol. The third-order valence-electron chi connectivity index (χ3n) is 5.25. The second kappa shape index (κ2) is 7.98. The topological polar surface area (TPSA) is 46.3 Å². The Bertz CT molecular complexity index is 469. The Labute approximate surface area is 140 Å². The number of amides is 1. The van der Waals surface area contributed by atoms with Crippen LogP contribution < -0.4 is 5.73 Å². The van der Waals surface area contributed by atoms with Crippen LogP contribution in [0.3, 0.4) is 0 Å². The van der Waals surface area contributed by atoms with Crippen molar-refractivity contribution in [3.05, 3.63) is 35.9 Å². The zero-order chi connectivity index (χ0) is 15.5. The zero-order valence-corrected chi connectivity index (χ0v) is 14.7. The number of piperidine rings is 1. The molecule has 0 aliphatic carbocycles. The lowest BCUT2D eigenvalue weighted by Crippen LogP contribution is -2.45. The fraction of sp³-hybridized carbons (Fsp3) is 0.611. The van der Waals surface area contributed by atoms with Gasteiger partial charge in [0.1, 0.15) is 0 Å². The third kappa shape index (κ3) is 4.23. The van der Waals surface area contributed by atoms with Crippen molar-refractivity contribution in [2.24, 2.45) is 17.1 Å². The maximum absolute atomic E-state index is 12.7. The van der Waals surface area contributed by atoms with E-state index in [1.807, 2.05) is 42.2 Å². The van der Waals surface area contributed by atoms with E-state index in [9.17, 15) is 4.79 Å². The first-order valence-electron chi connectivity index (χ1n) is 8.06. The number of benzene rings is 1. The Kier molecular flexibility index (Phi) is 6.89. The van der Waals surface area contributed by atoms with Gasteiger partial charge in [-0.2, -0.15) is 0 Å². The minimum Gasteiger partial charge on any atom is -0.342 e. The number of nitrogens with zero attached hydrogens (tertiary/aromatic N) is 1. The van der Waals surface area contributed by atoms with Gasteiger partial charge < -0.3 is 10.6 Å². The van der Waals surface area contributed by atoms with Gasteiger partial charge in [0.2, 0.25) is 5.91 Å². The molecular weight excluding hydrogens is 296 g/mol. The van der Waals surface area contributed by atoms with E-state index in [2.05, 4.69) is 13.8 Å². The van der Waals surface area contributed by atoms with E-state index < -0.39 is 0 Å². The molecule has 124 valence electrons. The summed E-state index contributed by atoms with van der Waals surface area (Å²) in [5.74, 6) is 0.0305. The molecule has 2 rings (SSSR count). The molecular formula is C18H29ClN2O. The van der Waals surface area contributed by atoms with Crippen LogP contribution in [0.25, 0.3) is 0 Å². The molecule has 0 bridgehead atoms. The van der Waals surface area contributed by atoms with Crippen molar-refractivity contribution in [2.45, 2.75) is 46.1 Å². The van der Waals surface area contributed by atoms with Crippen LogP contribution >= 0.6 is 12.4 Å². The van der Waals surface area contributed by atoms with Gasteiger partial charge in [-0.3, -0.25) is 4.79 Å². The van der Waals surface area contributed by atoms with Gasteiger partial charge >= 0.3 is 0 Å². The largest absolute Gasteiger partial charge is 0.342 e. The normalized spacial score (nSPS) is 19.9.